The van der Waals surface area contributed by atoms with E-state index in [4.69, 9.17) is 11.6 Å². The second kappa shape index (κ2) is 5.42. The van der Waals surface area contributed by atoms with Crippen LogP contribution in [0.3, 0.4) is 0 Å². The van der Waals surface area contributed by atoms with E-state index in [2.05, 4.69) is 10.3 Å². The van der Waals surface area contributed by atoms with Crippen LogP contribution in [0.15, 0.2) is 18.2 Å². The van der Waals surface area contributed by atoms with E-state index in [1.807, 2.05) is 0 Å². The van der Waals surface area contributed by atoms with Crippen molar-refractivity contribution < 1.29 is 9.90 Å². The molecule has 1 aromatic heterocycles. The van der Waals surface area contributed by atoms with E-state index in [0.717, 1.165) is 25.0 Å². The molecule has 20 heavy (non-hydrogen) atoms. The fourth-order valence-corrected chi connectivity index (χ4v) is 3.51. The molecule has 0 bridgehead atoms. The summed E-state index contributed by atoms with van der Waals surface area (Å²) in [5.74, 6) is -0.338. The maximum Gasteiger partial charge on any atom is 0.259 e. The Morgan fingerprint density at radius 2 is 2.15 bits per heavy atom. The molecular formula is C14H13ClN2O2S. The van der Waals surface area contributed by atoms with Crippen molar-refractivity contribution in [2.24, 2.45) is 0 Å². The number of aromatic hydroxyl groups is 1. The Morgan fingerprint density at radius 3 is 2.95 bits per heavy atom. The monoisotopic (exact) mass is 308 g/mol. The lowest BCUT2D eigenvalue weighted by Crippen LogP contribution is -2.12. The zero-order valence-electron chi connectivity index (χ0n) is 10.6. The molecule has 3 rings (SSSR count). The number of nitrogens with one attached hydrogen (secondary N) is 1. The Bertz CT molecular complexity index is 646. The number of halogens is 1. The predicted octanol–water partition coefficient (Wildman–Crippen LogP) is 3.63. The summed E-state index contributed by atoms with van der Waals surface area (Å²) in [5.41, 5.74) is 1.35. The van der Waals surface area contributed by atoms with E-state index < -0.39 is 0 Å². The molecule has 0 spiro atoms. The third kappa shape index (κ3) is 2.64. The summed E-state index contributed by atoms with van der Waals surface area (Å²) in [6.45, 7) is 0. The summed E-state index contributed by atoms with van der Waals surface area (Å²) in [4.78, 5) is 17.9. The van der Waals surface area contributed by atoms with Crippen molar-refractivity contribution in [3.63, 3.8) is 0 Å². The largest absolute Gasteiger partial charge is 0.508 e. The third-order valence-corrected chi connectivity index (χ3v) is 4.66. The van der Waals surface area contributed by atoms with Crippen LogP contribution in [0.1, 0.15) is 33.8 Å². The minimum Gasteiger partial charge on any atom is -0.508 e. The van der Waals surface area contributed by atoms with Crippen molar-refractivity contribution >= 4 is 34.0 Å². The first-order valence-electron chi connectivity index (χ1n) is 6.42. The summed E-state index contributed by atoms with van der Waals surface area (Å²) in [6, 6.07) is 4.30. The number of hydrogen-bond acceptors (Lipinski definition) is 4. The lowest BCUT2D eigenvalue weighted by Gasteiger charge is -2.06. The molecule has 6 heteroatoms. The summed E-state index contributed by atoms with van der Waals surface area (Å²) in [5, 5.41) is 13.1. The first-order valence-corrected chi connectivity index (χ1v) is 7.61. The van der Waals surface area contributed by atoms with E-state index in [0.29, 0.717) is 10.2 Å². The highest BCUT2D eigenvalue weighted by atomic mass is 35.5. The highest BCUT2D eigenvalue weighted by molar-refractivity contribution is 7.15. The van der Waals surface area contributed by atoms with Crippen LogP contribution in [-0.2, 0) is 12.8 Å². The Labute approximate surface area is 125 Å². The maximum absolute atomic E-state index is 12.2. The lowest BCUT2D eigenvalue weighted by molar-refractivity contribution is 0.102. The van der Waals surface area contributed by atoms with Gasteiger partial charge in [-0.15, -0.1) is 11.3 Å². The van der Waals surface area contributed by atoms with E-state index in [9.17, 15) is 9.90 Å². The number of fused-ring (bicyclic) bond motifs is 1. The van der Waals surface area contributed by atoms with Crippen molar-refractivity contribution in [3.8, 4) is 5.75 Å². The summed E-state index contributed by atoms with van der Waals surface area (Å²) in [6.07, 6.45) is 4.35. The van der Waals surface area contributed by atoms with Crippen molar-refractivity contribution in [2.45, 2.75) is 25.7 Å². The van der Waals surface area contributed by atoms with E-state index >= 15 is 0 Å². The van der Waals surface area contributed by atoms with Crippen LogP contribution in [-0.4, -0.2) is 16.0 Å². The van der Waals surface area contributed by atoms with E-state index in [1.165, 1.54) is 40.8 Å². The van der Waals surface area contributed by atoms with Gasteiger partial charge in [-0.05, 0) is 43.9 Å². The number of phenols is 1. The molecule has 1 aromatic carbocycles. The quantitative estimate of drug-likeness (QED) is 0.890. The first kappa shape index (κ1) is 13.4. The topological polar surface area (TPSA) is 62.2 Å². The minimum atomic E-state index is -0.350. The molecule has 0 saturated carbocycles. The molecule has 1 heterocycles. The summed E-state index contributed by atoms with van der Waals surface area (Å²) >= 11 is 7.49. The van der Waals surface area contributed by atoms with Crippen LogP contribution in [0.4, 0.5) is 5.13 Å². The lowest BCUT2D eigenvalue weighted by atomic mass is 10.0. The fourth-order valence-electron chi connectivity index (χ4n) is 2.26. The van der Waals surface area contributed by atoms with Crippen molar-refractivity contribution in [1.29, 1.82) is 0 Å². The number of rotatable bonds is 2. The van der Waals surface area contributed by atoms with Gasteiger partial charge in [0.25, 0.3) is 5.91 Å². The van der Waals surface area contributed by atoms with Crippen molar-refractivity contribution in [2.75, 3.05) is 5.32 Å². The zero-order chi connectivity index (χ0) is 14.1. The molecule has 2 N–H and O–H groups in total. The highest BCUT2D eigenvalue weighted by Crippen LogP contribution is 2.30. The number of nitrogens with zero attached hydrogens (tertiary/aromatic N) is 1. The Hall–Kier alpha value is -1.59. The zero-order valence-corrected chi connectivity index (χ0v) is 12.2. The number of amides is 1. The SMILES string of the molecule is O=C(Nc1nc2c(s1)CCCC2)c1cc(O)ccc1Cl. The molecule has 0 saturated heterocycles. The highest BCUT2D eigenvalue weighted by Gasteiger charge is 2.18. The minimum absolute atomic E-state index is 0.0120. The van der Waals surface area contributed by atoms with Crippen LogP contribution in [0.25, 0.3) is 0 Å². The maximum atomic E-state index is 12.2. The second-order valence-electron chi connectivity index (χ2n) is 4.71. The van der Waals surface area contributed by atoms with Crippen molar-refractivity contribution in [1.82, 2.24) is 4.98 Å². The molecule has 0 aliphatic heterocycles. The Kier molecular flexibility index (Phi) is 3.63. The molecule has 104 valence electrons. The summed E-state index contributed by atoms with van der Waals surface area (Å²) in [7, 11) is 0. The smallest absolute Gasteiger partial charge is 0.259 e. The Balaban J connectivity index is 1.82. The third-order valence-electron chi connectivity index (χ3n) is 3.26. The Morgan fingerprint density at radius 1 is 1.35 bits per heavy atom. The number of benzene rings is 1. The van der Waals surface area contributed by atoms with Crippen molar-refractivity contribution in [3.05, 3.63) is 39.4 Å². The second-order valence-corrected chi connectivity index (χ2v) is 6.21. The van der Waals surface area contributed by atoms with Crippen LogP contribution >= 0.6 is 22.9 Å². The number of aromatic nitrogens is 1. The van der Waals surface area contributed by atoms with Crippen LogP contribution < -0.4 is 5.32 Å². The average molecular weight is 309 g/mol. The first-order chi connectivity index (χ1) is 9.63. The number of thiazole rings is 1. The van der Waals surface area contributed by atoms with Gasteiger partial charge in [0.2, 0.25) is 0 Å². The number of phenolic OH excluding ortho intramolecular Hbond substituents is 1. The molecule has 4 nitrogen and oxygen atoms in total. The van der Waals surface area contributed by atoms with E-state index in [1.54, 1.807) is 0 Å². The van der Waals surface area contributed by atoms with Gasteiger partial charge in [0.15, 0.2) is 5.13 Å². The number of aryl methyl sites for hydroxylation is 2. The van der Waals surface area contributed by atoms with Gasteiger partial charge in [0.05, 0.1) is 16.3 Å². The van der Waals surface area contributed by atoms with Crippen LogP contribution in [0.5, 0.6) is 5.75 Å². The van der Waals surface area contributed by atoms with Gasteiger partial charge in [-0.1, -0.05) is 11.6 Å². The molecule has 2 aromatic rings. The molecule has 1 aliphatic carbocycles. The normalized spacial score (nSPS) is 13.8. The number of carbonyl (C=O) groups excluding carboxylic acids is 1. The molecule has 0 radical (unpaired) electrons. The molecule has 1 aliphatic rings. The number of hydrogen-bond donors (Lipinski definition) is 2. The average Bonchev–Trinajstić information content (AvgIpc) is 2.83. The van der Waals surface area contributed by atoms with Crippen LogP contribution in [0, 0.1) is 0 Å². The van der Waals surface area contributed by atoms with Gasteiger partial charge >= 0.3 is 0 Å². The number of carbonyl (C=O) groups is 1. The van der Waals surface area contributed by atoms with E-state index in [-0.39, 0.29) is 17.2 Å². The van der Waals surface area contributed by atoms with Gasteiger partial charge in [-0.3, -0.25) is 10.1 Å². The summed E-state index contributed by atoms with van der Waals surface area (Å²) < 4.78 is 0. The van der Waals surface area contributed by atoms with Gasteiger partial charge in [-0.25, -0.2) is 4.98 Å². The molecular weight excluding hydrogens is 296 g/mol. The standard InChI is InChI=1S/C14H13ClN2O2S/c15-10-6-5-8(18)7-9(10)13(19)17-14-16-11-3-1-2-4-12(11)20-14/h5-7,18H,1-4H2,(H,16,17,19). The number of anilines is 1. The fraction of sp³-hybridized carbons (Fsp3) is 0.286. The van der Waals surface area contributed by atoms with Gasteiger partial charge < -0.3 is 5.11 Å². The van der Waals surface area contributed by atoms with Crippen LogP contribution in [0.2, 0.25) is 5.02 Å². The molecule has 0 unspecified atom stereocenters. The predicted molar refractivity (Wildman–Crippen MR) is 79.8 cm³/mol. The van der Waals surface area contributed by atoms with Gasteiger partial charge in [0.1, 0.15) is 5.75 Å². The van der Waals surface area contributed by atoms with Gasteiger partial charge in [-0.2, -0.15) is 0 Å². The van der Waals surface area contributed by atoms with Gasteiger partial charge in [0, 0.05) is 4.88 Å². The molecule has 0 fully saturated rings. The molecule has 0 atom stereocenters. The molecule has 1 amide bonds.